The number of furan rings is 1. The highest BCUT2D eigenvalue weighted by atomic mass is 32.1. The number of hydrogen-bond donors (Lipinski definition) is 1. The molecule has 1 aliphatic heterocycles. The monoisotopic (exact) mass is 500 g/mol. The number of fused-ring (bicyclic) bond motifs is 1. The lowest BCUT2D eigenvalue weighted by molar-refractivity contribution is -0.136. The third-order valence-corrected chi connectivity index (χ3v) is 6.82. The van der Waals surface area contributed by atoms with Crippen LogP contribution in [0.25, 0.3) is 17.4 Å². The zero-order chi connectivity index (χ0) is 25.4. The van der Waals surface area contributed by atoms with Gasteiger partial charge in [-0.2, -0.15) is 0 Å². The second-order valence-corrected chi connectivity index (χ2v) is 9.08. The first-order valence-corrected chi connectivity index (χ1v) is 11.8. The van der Waals surface area contributed by atoms with Crippen LogP contribution >= 0.6 is 11.3 Å². The normalized spacial score (nSPS) is 15.4. The van der Waals surface area contributed by atoms with Crippen molar-refractivity contribution in [2.75, 3.05) is 7.11 Å². The molecule has 0 fully saturated rings. The van der Waals surface area contributed by atoms with Crippen molar-refractivity contribution >= 4 is 29.4 Å². The van der Waals surface area contributed by atoms with Crippen molar-refractivity contribution in [3.63, 3.8) is 0 Å². The van der Waals surface area contributed by atoms with Crippen LogP contribution in [0.2, 0.25) is 0 Å². The molecule has 2 aromatic carbocycles. The Kier molecular flexibility index (Phi) is 5.99. The van der Waals surface area contributed by atoms with E-state index in [2.05, 4.69) is 4.99 Å². The Morgan fingerprint density at radius 1 is 1.11 bits per heavy atom. The molecule has 0 bridgehead atoms. The van der Waals surface area contributed by atoms with Crippen molar-refractivity contribution in [3.05, 3.63) is 115 Å². The van der Waals surface area contributed by atoms with Gasteiger partial charge >= 0.3 is 11.9 Å². The number of ether oxygens (including phenoxy) is 1. The number of aromatic nitrogens is 1. The Hall–Kier alpha value is -4.50. The van der Waals surface area contributed by atoms with E-state index in [9.17, 15) is 19.5 Å². The van der Waals surface area contributed by atoms with Gasteiger partial charge in [0, 0.05) is 11.6 Å². The Morgan fingerprint density at radius 3 is 2.61 bits per heavy atom. The van der Waals surface area contributed by atoms with Crippen LogP contribution in [-0.4, -0.2) is 28.7 Å². The average Bonchev–Trinajstić information content (AvgIpc) is 3.48. The lowest BCUT2D eigenvalue weighted by Gasteiger charge is -2.24. The highest BCUT2D eigenvalue weighted by Gasteiger charge is 2.32. The third-order valence-electron chi connectivity index (χ3n) is 5.84. The zero-order valence-electron chi connectivity index (χ0n) is 19.3. The summed E-state index contributed by atoms with van der Waals surface area (Å²) >= 11 is 1.20. The molecule has 0 amide bonds. The van der Waals surface area contributed by atoms with Gasteiger partial charge in [-0.15, -0.1) is 0 Å². The number of thiazole rings is 1. The summed E-state index contributed by atoms with van der Waals surface area (Å²) in [7, 11) is 1.30. The number of esters is 1. The number of hydrogen-bond acceptors (Lipinski definition) is 7. The maximum atomic E-state index is 13.6. The highest BCUT2D eigenvalue weighted by Crippen LogP contribution is 2.30. The second-order valence-electron chi connectivity index (χ2n) is 8.07. The lowest BCUT2D eigenvalue weighted by atomic mass is 9.96. The van der Waals surface area contributed by atoms with E-state index in [4.69, 9.17) is 9.15 Å². The molecule has 180 valence electrons. The van der Waals surface area contributed by atoms with Crippen molar-refractivity contribution in [2.45, 2.75) is 13.0 Å². The van der Waals surface area contributed by atoms with Crippen molar-refractivity contribution in [1.29, 1.82) is 0 Å². The van der Waals surface area contributed by atoms with Crippen LogP contribution in [0, 0.1) is 0 Å². The van der Waals surface area contributed by atoms with Crippen LogP contribution in [-0.2, 0) is 9.53 Å². The smallest absolute Gasteiger partial charge is 0.338 e. The van der Waals surface area contributed by atoms with Gasteiger partial charge in [0.25, 0.3) is 5.56 Å². The number of nitrogens with zero attached hydrogens (tertiary/aromatic N) is 2. The fourth-order valence-electron chi connectivity index (χ4n) is 4.16. The van der Waals surface area contributed by atoms with Crippen LogP contribution < -0.4 is 14.9 Å². The van der Waals surface area contributed by atoms with E-state index in [1.807, 2.05) is 30.3 Å². The van der Waals surface area contributed by atoms with Crippen LogP contribution in [0.15, 0.2) is 92.2 Å². The quantitative estimate of drug-likeness (QED) is 0.421. The third kappa shape index (κ3) is 4.09. The van der Waals surface area contributed by atoms with Gasteiger partial charge in [-0.1, -0.05) is 53.8 Å². The fourth-order valence-corrected chi connectivity index (χ4v) is 5.19. The number of aromatic carboxylic acids is 1. The van der Waals surface area contributed by atoms with E-state index in [1.54, 1.807) is 37.3 Å². The standard InChI is InChI=1S/C27H20N2O6S/c1-15-22(26(33)34-2)23(16-7-4-3-5-8-16)29-24(30)21(36-27(29)28-15)14-19-11-12-20(35-19)17-9-6-10-18(13-17)25(31)32/h3-14,23H,1-2H3,(H,31,32). The highest BCUT2D eigenvalue weighted by molar-refractivity contribution is 7.07. The first-order chi connectivity index (χ1) is 17.4. The van der Waals surface area contributed by atoms with Gasteiger partial charge in [0.2, 0.25) is 0 Å². The van der Waals surface area contributed by atoms with Crippen LogP contribution in [0.4, 0.5) is 0 Å². The zero-order valence-corrected chi connectivity index (χ0v) is 20.1. The van der Waals surface area contributed by atoms with Gasteiger partial charge in [-0.05, 0) is 36.8 Å². The minimum atomic E-state index is -1.03. The molecule has 0 aliphatic carbocycles. The van der Waals surface area contributed by atoms with E-state index in [-0.39, 0.29) is 11.1 Å². The predicted molar refractivity (Wildman–Crippen MR) is 133 cm³/mol. The number of rotatable bonds is 5. The second kappa shape index (κ2) is 9.27. The summed E-state index contributed by atoms with van der Waals surface area (Å²) in [6, 6.07) is 18.4. The van der Waals surface area contributed by atoms with Gasteiger partial charge in [-0.25, -0.2) is 14.6 Å². The Morgan fingerprint density at radius 2 is 1.89 bits per heavy atom. The molecule has 9 heteroatoms. The van der Waals surface area contributed by atoms with Crippen molar-refractivity contribution in [1.82, 2.24) is 4.57 Å². The summed E-state index contributed by atoms with van der Waals surface area (Å²) in [5.74, 6) is -0.669. The summed E-state index contributed by atoms with van der Waals surface area (Å²) in [5.41, 5.74) is 2.00. The van der Waals surface area contributed by atoms with Gasteiger partial charge in [-0.3, -0.25) is 9.36 Å². The van der Waals surface area contributed by atoms with E-state index in [0.29, 0.717) is 37.7 Å². The Bertz CT molecular complexity index is 1710. The van der Waals surface area contributed by atoms with Crippen molar-refractivity contribution < 1.29 is 23.8 Å². The molecular formula is C27H20N2O6S. The Balaban J connectivity index is 1.62. The largest absolute Gasteiger partial charge is 0.478 e. The molecule has 0 saturated heterocycles. The average molecular weight is 501 g/mol. The van der Waals surface area contributed by atoms with Crippen molar-refractivity contribution in [2.24, 2.45) is 4.99 Å². The van der Waals surface area contributed by atoms with E-state index >= 15 is 0 Å². The van der Waals surface area contributed by atoms with Gasteiger partial charge in [0.05, 0.1) is 34.5 Å². The maximum Gasteiger partial charge on any atom is 0.338 e. The lowest BCUT2D eigenvalue weighted by Crippen LogP contribution is -2.39. The van der Waals surface area contributed by atoms with Crippen LogP contribution in [0.5, 0.6) is 0 Å². The molecule has 0 spiro atoms. The molecule has 1 unspecified atom stereocenters. The SMILES string of the molecule is COC(=O)C1=C(C)N=c2sc(=Cc3ccc(-c4cccc(C(=O)O)c4)o3)c(=O)n2C1c1ccccc1. The minimum Gasteiger partial charge on any atom is -0.478 e. The Labute approximate surface area is 208 Å². The molecule has 5 rings (SSSR count). The molecule has 2 aromatic heterocycles. The molecule has 4 aromatic rings. The number of carboxylic acid groups (broad SMARTS) is 1. The predicted octanol–water partition coefficient (Wildman–Crippen LogP) is 3.37. The van der Waals surface area contributed by atoms with E-state index in [1.165, 1.54) is 35.1 Å². The van der Waals surface area contributed by atoms with Gasteiger partial charge < -0.3 is 14.3 Å². The molecule has 3 heterocycles. The van der Waals surface area contributed by atoms with Crippen LogP contribution in [0.1, 0.15) is 34.6 Å². The van der Waals surface area contributed by atoms with Crippen molar-refractivity contribution in [3.8, 4) is 11.3 Å². The van der Waals surface area contributed by atoms with Gasteiger partial charge in [0.15, 0.2) is 4.80 Å². The summed E-state index contributed by atoms with van der Waals surface area (Å²) < 4.78 is 12.8. The molecule has 1 atom stereocenters. The summed E-state index contributed by atoms with van der Waals surface area (Å²) in [6.07, 6.45) is 1.62. The molecule has 36 heavy (non-hydrogen) atoms. The minimum absolute atomic E-state index is 0.149. The molecular weight excluding hydrogens is 480 g/mol. The first-order valence-electron chi connectivity index (χ1n) is 11.0. The first kappa shape index (κ1) is 23.3. The number of methoxy groups -OCH3 is 1. The maximum absolute atomic E-state index is 13.6. The summed E-state index contributed by atoms with van der Waals surface area (Å²) in [4.78, 5) is 42.5. The number of carbonyl (C=O) groups excluding carboxylic acids is 1. The molecule has 0 saturated carbocycles. The number of benzene rings is 2. The molecule has 1 N–H and O–H groups in total. The molecule has 8 nitrogen and oxygen atoms in total. The topological polar surface area (TPSA) is 111 Å². The molecule has 0 radical (unpaired) electrons. The number of allylic oxidation sites excluding steroid dienone is 1. The summed E-state index contributed by atoms with van der Waals surface area (Å²) in [6.45, 7) is 1.73. The van der Waals surface area contributed by atoms with E-state index < -0.39 is 18.0 Å². The van der Waals surface area contributed by atoms with Gasteiger partial charge in [0.1, 0.15) is 11.5 Å². The number of carbonyl (C=O) groups is 2. The number of carboxylic acids is 1. The van der Waals surface area contributed by atoms with E-state index in [0.717, 1.165) is 5.56 Å². The summed E-state index contributed by atoms with van der Waals surface area (Å²) in [5, 5.41) is 9.24. The fraction of sp³-hybridized carbons (Fsp3) is 0.111. The molecule has 1 aliphatic rings. The van der Waals surface area contributed by atoms with Crippen LogP contribution in [0.3, 0.4) is 0 Å².